The van der Waals surface area contributed by atoms with Gasteiger partial charge in [-0.2, -0.15) is 0 Å². The molecule has 2 rings (SSSR count). The third-order valence-corrected chi connectivity index (χ3v) is 12.0. The zero-order valence-electron chi connectivity index (χ0n) is 42.2. The van der Waals surface area contributed by atoms with Gasteiger partial charge in [-0.05, 0) is 57.4 Å². The van der Waals surface area contributed by atoms with Crippen molar-refractivity contribution in [2.45, 2.75) is 129 Å². The molecule has 0 aliphatic carbocycles. The van der Waals surface area contributed by atoms with Gasteiger partial charge in [-0.25, -0.2) is 9.59 Å². The van der Waals surface area contributed by atoms with E-state index in [-0.39, 0.29) is 49.7 Å². The maximum atomic E-state index is 14.4. The minimum Gasteiger partial charge on any atom is -0.480 e. The highest BCUT2D eigenvalue weighted by molar-refractivity contribution is 6.00. The summed E-state index contributed by atoms with van der Waals surface area (Å²) in [7, 11) is 2.82. The molecule has 71 heavy (non-hydrogen) atoms. The highest BCUT2D eigenvalue weighted by atomic mass is 16.5. The zero-order chi connectivity index (χ0) is 53.7. The van der Waals surface area contributed by atoms with Crippen LogP contribution in [0.3, 0.4) is 0 Å². The van der Waals surface area contributed by atoms with Crippen LogP contribution in [0, 0.1) is 23.7 Å². The van der Waals surface area contributed by atoms with Crippen LogP contribution in [0.25, 0.3) is 0 Å². The number of nitrogens with two attached hydrogens (primary N) is 2. The molecule has 0 bridgehead atoms. The first-order valence-electron chi connectivity index (χ1n) is 23.5. The molecule has 1 aromatic rings. The van der Waals surface area contributed by atoms with Crippen molar-refractivity contribution in [3.8, 4) is 0 Å². The van der Waals surface area contributed by atoms with Gasteiger partial charge in [-0.1, -0.05) is 95.3 Å². The second-order valence-corrected chi connectivity index (χ2v) is 18.3. The average molecular weight is 995 g/mol. The molecule has 1 saturated heterocycles. The molecule has 0 radical (unpaired) electrons. The largest absolute Gasteiger partial charge is 0.480 e. The van der Waals surface area contributed by atoms with E-state index in [0.717, 1.165) is 10.5 Å². The SMILES string of the molecule is C=C1C(=O)NC(C)C(=O)NC(CC(C)C)C(=O)NC(C(=O)O)C(C)C(=O)NC(CCCN=C(N)N)C(=O)NC(/C=C\C(C)=C/C(C)C(Cc2ccccc2)OC)C(C)C(=O)NC(C(=O)O)CCC(=O)N1C. The van der Waals surface area contributed by atoms with Crippen LogP contribution in [-0.4, -0.2) is 137 Å². The summed E-state index contributed by atoms with van der Waals surface area (Å²) in [6.45, 7) is 14.9. The van der Waals surface area contributed by atoms with Gasteiger partial charge in [-0.15, -0.1) is 0 Å². The summed E-state index contributed by atoms with van der Waals surface area (Å²) in [5.74, 6) is -12.6. The lowest BCUT2D eigenvalue weighted by molar-refractivity contribution is -0.146. The summed E-state index contributed by atoms with van der Waals surface area (Å²) in [4.78, 5) is 126. The first kappa shape index (κ1) is 60.0. The van der Waals surface area contributed by atoms with Crippen LogP contribution < -0.4 is 43.4 Å². The van der Waals surface area contributed by atoms with E-state index in [2.05, 4.69) is 43.5 Å². The predicted octanol–water partition coefficient (Wildman–Crippen LogP) is 0.618. The number of guanidine groups is 1. The summed E-state index contributed by atoms with van der Waals surface area (Å²) in [6.07, 6.45) is 4.64. The number of aliphatic carboxylic acids is 2. The number of likely N-dealkylation sites (N-methyl/N-ethyl adjacent to an activating group) is 1. The van der Waals surface area contributed by atoms with Crippen molar-refractivity contribution < 1.29 is 58.1 Å². The van der Waals surface area contributed by atoms with Gasteiger partial charge in [0.25, 0.3) is 5.91 Å². The zero-order valence-corrected chi connectivity index (χ0v) is 42.2. The van der Waals surface area contributed by atoms with Crippen molar-refractivity contribution in [2.75, 3.05) is 20.7 Å². The third kappa shape index (κ3) is 20.0. The van der Waals surface area contributed by atoms with Crippen LogP contribution in [0.4, 0.5) is 0 Å². The maximum Gasteiger partial charge on any atom is 0.327 e. The number of nitrogens with one attached hydrogen (secondary N) is 6. The van der Waals surface area contributed by atoms with E-state index < -0.39 is 120 Å². The molecule has 0 saturated carbocycles. The van der Waals surface area contributed by atoms with Crippen molar-refractivity contribution in [3.63, 3.8) is 0 Å². The van der Waals surface area contributed by atoms with Crippen LogP contribution in [0.5, 0.6) is 0 Å². The van der Waals surface area contributed by atoms with E-state index in [9.17, 15) is 53.4 Å². The molecule has 392 valence electrons. The van der Waals surface area contributed by atoms with E-state index in [1.807, 2.05) is 43.3 Å². The number of allylic oxidation sites excluding steroid dienone is 2. The summed E-state index contributed by atoms with van der Waals surface area (Å²) in [6, 6.07) is 0.998. The fourth-order valence-corrected chi connectivity index (χ4v) is 7.46. The number of aliphatic imine (C=N–C) groups is 1. The lowest BCUT2D eigenvalue weighted by Crippen LogP contribution is -2.59. The Kier molecular flexibility index (Phi) is 24.7. The van der Waals surface area contributed by atoms with Gasteiger partial charge < -0.3 is 63.2 Å². The average Bonchev–Trinajstić information content (AvgIpc) is 3.31. The van der Waals surface area contributed by atoms with E-state index in [1.54, 1.807) is 34.0 Å². The van der Waals surface area contributed by atoms with Gasteiger partial charge in [0.15, 0.2) is 5.96 Å². The Morgan fingerprint density at radius 2 is 1.45 bits per heavy atom. The second-order valence-electron chi connectivity index (χ2n) is 18.3. The molecule has 10 atom stereocenters. The molecule has 1 aliphatic heterocycles. The van der Waals surface area contributed by atoms with Gasteiger partial charge in [-0.3, -0.25) is 38.6 Å². The lowest BCUT2D eigenvalue weighted by Gasteiger charge is -2.28. The summed E-state index contributed by atoms with van der Waals surface area (Å²) in [5.41, 5.74) is 12.4. The minimum absolute atomic E-state index is 0.00610. The standard InChI is InChI=1S/C49H74N10O12/c1-26(2)23-37-46(66)58-40(48(69)70)30(6)42(62)55-35(17-14-22-52-49(50)51)45(65)54-34(19-18-27(3)24-28(4)38(71-10)25-33-15-12-11-13-16-33)29(5)41(61)56-36(47(67)68)20-21-39(60)59(9)32(8)44(64)53-31(7)43(63)57-37/h11-13,15-16,18-19,24,26,28-31,34-38,40H,8,14,17,20-23,25H2,1-7,9-10H3,(H,53,64)(H,54,65)(H,55,62)(H,56,61)(H,57,63)(H,58,66)(H,67,68)(H,69,70)(H4,50,51,52)/b19-18-,27-24-. The number of nitrogens with zero attached hydrogens (tertiary/aromatic N) is 2. The van der Waals surface area contributed by atoms with Crippen LogP contribution in [0.1, 0.15) is 86.1 Å². The number of carbonyl (C=O) groups is 9. The molecule has 7 amide bonds. The third-order valence-electron chi connectivity index (χ3n) is 12.0. The normalized spacial score (nSPS) is 25.3. The van der Waals surface area contributed by atoms with Crippen molar-refractivity contribution in [1.29, 1.82) is 0 Å². The van der Waals surface area contributed by atoms with Gasteiger partial charge in [0.05, 0.1) is 24.0 Å². The second kappa shape index (κ2) is 29.2. The molecular weight excluding hydrogens is 921 g/mol. The van der Waals surface area contributed by atoms with E-state index in [4.69, 9.17) is 16.2 Å². The van der Waals surface area contributed by atoms with E-state index >= 15 is 0 Å². The number of carbonyl (C=O) groups excluding carboxylic acids is 7. The van der Waals surface area contributed by atoms with Crippen LogP contribution in [0.2, 0.25) is 0 Å². The van der Waals surface area contributed by atoms with Crippen molar-refractivity contribution in [1.82, 2.24) is 36.8 Å². The molecule has 1 fully saturated rings. The number of methoxy groups -OCH3 is 1. The molecular formula is C49H74N10O12. The number of carboxylic acid groups (broad SMARTS) is 2. The molecule has 1 aromatic carbocycles. The van der Waals surface area contributed by atoms with E-state index in [1.165, 1.54) is 33.9 Å². The number of carboxylic acids is 2. The molecule has 22 nitrogen and oxygen atoms in total. The van der Waals surface area contributed by atoms with Crippen LogP contribution in [0.15, 0.2) is 71.4 Å². The number of ether oxygens (including phenoxy) is 1. The molecule has 10 unspecified atom stereocenters. The van der Waals surface area contributed by atoms with Crippen molar-refractivity contribution >= 4 is 59.2 Å². The fourth-order valence-electron chi connectivity index (χ4n) is 7.46. The number of hydrogen-bond donors (Lipinski definition) is 10. The number of rotatable bonds is 15. The highest BCUT2D eigenvalue weighted by Crippen LogP contribution is 2.19. The summed E-state index contributed by atoms with van der Waals surface area (Å²) < 4.78 is 5.81. The van der Waals surface area contributed by atoms with Gasteiger partial charge in [0.1, 0.15) is 35.9 Å². The maximum absolute atomic E-state index is 14.4. The minimum atomic E-state index is -1.88. The molecule has 0 spiro atoms. The molecule has 0 aromatic heterocycles. The summed E-state index contributed by atoms with van der Waals surface area (Å²) >= 11 is 0. The first-order valence-corrected chi connectivity index (χ1v) is 23.5. The molecule has 22 heteroatoms. The molecule has 1 heterocycles. The smallest absolute Gasteiger partial charge is 0.327 e. The Balaban J connectivity index is 2.73. The van der Waals surface area contributed by atoms with Crippen LogP contribution in [-0.2, 0) is 54.3 Å². The fraction of sp³-hybridized carbons (Fsp3) is 0.551. The quantitative estimate of drug-likeness (QED) is 0.0379. The highest BCUT2D eigenvalue weighted by Gasteiger charge is 2.37. The number of hydrogen-bond acceptors (Lipinski definition) is 11. The number of amides is 7. The summed E-state index contributed by atoms with van der Waals surface area (Å²) in [5, 5.41) is 35.5. The Labute approximate surface area is 415 Å². The van der Waals surface area contributed by atoms with Crippen molar-refractivity contribution in [2.24, 2.45) is 40.1 Å². The molecule has 1 aliphatic rings. The van der Waals surface area contributed by atoms with Crippen LogP contribution >= 0.6 is 0 Å². The lowest BCUT2D eigenvalue weighted by atomic mass is 9.94. The first-order chi connectivity index (χ1) is 33.3. The Hall–Kier alpha value is -7.10. The van der Waals surface area contributed by atoms with E-state index in [0.29, 0.717) is 12.0 Å². The van der Waals surface area contributed by atoms with Crippen molar-refractivity contribution in [3.05, 3.63) is 72.0 Å². The Morgan fingerprint density at radius 1 is 0.845 bits per heavy atom. The Morgan fingerprint density at radius 3 is 2.03 bits per heavy atom. The number of benzene rings is 1. The molecule has 12 N–H and O–H groups in total. The van der Waals surface area contributed by atoms with Gasteiger partial charge in [0.2, 0.25) is 35.4 Å². The van der Waals surface area contributed by atoms with Gasteiger partial charge >= 0.3 is 11.9 Å². The topological polar surface area (TPSA) is 343 Å². The van der Waals surface area contributed by atoms with Gasteiger partial charge in [0, 0.05) is 33.0 Å². The predicted molar refractivity (Wildman–Crippen MR) is 264 cm³/mol. The monoisotopic (exact) mass is 995 g/mol. The Bertz CT molecular complexity index is 2160.